The van der Waals surface area contributed by atoms with E-state index in [0.717, 1.165) is 12.8 Å². The number of nitrogens with two attached hydrogens (primary N) is 1. The van der Waals surface area contributed by atoms with E-state index >= 15 is 0 Å². The Hall–Kier alpha value is -1.34. The number of alkyl carbamates (subject to hydrolysis) is 1. The number of hydrogen-bond acceptors (Lipinski definition) is 5. The Labute approximate surface area is 118 Å². The number of likely N-dealkylation sites (tertiary alicyclic amines) is 1. The van der Waals surface area contributed by atoms with E-state index < -0.39 is 11.8 Å². The van der Waals surface area contributed by atoms with Crippen molar-refractivity contribution in [3.8, 4) is 0 Å². The molecule has 2 amide bonds. The molecule has 0 spiro atoms. The largest absolute Gasteiger partial charge is 0.453 e. The van der Waals surface area contributed by atoms with Crippen molar-refractivity contribution in [2.75, 3.05) is 33.4 Å². The molecule has 7 heteroatoms. The Morgan fingerprint density at radius 2 is 1.90 bits per heavy atom. The molecule has 0 radical (unpaired) electrons. The average Bonchev–Trinajstić information content (AvgIpc) is 3.01. The van der Waals surface area contributed by atoms with Crippen molar-refractivity contribution >= 4 is 12.0 Å². The van der Waals surface area contributed by atoms with Crippen LogP contribution >= 0.6 is 0 Å². The van der Waals surface area contributed by atoms with Gasteiger partial charge in [-0.15, -0.1) is 0 Å². The molecular formula is C13H23N3O4. The van der Waals surface area contributed by atoms with Gasteiger partial charge in [-0.2, -0.15) is 0 Å². The minimum atomic E-state index is -1.40. The minimum Gasteiger partial charge on any atom is -0.453 e. The van der Waals surface area contributed by atoms with E-state index in [1.165, 1.54) is 7.11 Å². The topological polar surface area (TPSA) is 93.9 Å². The summed E-state index contributed by atoms with van der Waals surface area (Å²) in [6.45, 7) is 2.51. The van der Waals surface area contributed by atoms with Gasteiger partial charge >= 0.3 is 6.09 Å². The van der Waals surface area contributed by atoms with E-state index in [1.807, 2.05) is 0 Å². The van der Waals surface area contributed by atoms with Crippen LogP contribution in [-0.2, 0) is 14.3 Å². The number of carbonyl (C=O) groups is 2. The van der Waals surface area contributed by atoms with E-state index in [1.54, 1.807) is 4.90 Å². The number of methoxy groups -OCH3 is 1. The highest BCUT2D eigenvalue weighted by Gasteiger charge is 2.46. The summed E-state index contributed by atoms with van der Waals surface area (Å²) in [5.41, 5.74) is 4.91. The van der Waals surface area contributed by atoms with Crippen LogP contribution in [0, 0.1) is 5.92 Å². The van der Waals surface area contributed by atoms with Crippen LogP contribution in [0.2, 0.25) is 0 Å². The fourth-order valence-corrected chi connectivity index (χ4v) is 2.88. The molecule has 0 aromatic carbocycles. The summed E-state index contributed by atoms with van der Waals surface area (Å²) in [6, 6.07) is 0. The first kappa shape index (κ1) is 15.1. The smallest absolute Gasteiger partial charge is 0.408 e. The average molecular weight is 285 g/mol. The van der Waals surface area contributed by atoms with Gasteiger partial charge in [-0.1, -0.05) is 0 Å². The minimum absolute atomic E-state index is 0.136. The molecule has 2 rings (SSSR count). The molecule has 114 valence electrons. The predicted molar refractivity (Wildman–Crippen MR) is 71.8 cm³/mol. The maximum atomic E-state index is 12.7. The monoisotopic (exact) mass is 285 g/mol. The van der Waals surface area contributed by atoms with Gasteiger partial charge in [-0.25, -0.2) is 4.79 Å². The Morgan fingerprint density at radius 1 is 1.30 bits per heavy atom. The lowest BCUT2D eigenvalue weighted by molar-refractivity contribution is -0.141. The summed E-state index contributed by atoms with van der Waals surface area (Å²) in [4.78, 5) is 26.0. The molecule has 0 bridgehead atoms. The number of carbonyl (C=O) groups excluding carboxylic acids is 2. The molecule has 1 atom stereocenters. The standard InChI is InChI=1S/C13H23N3O4/c1-19-12(18)15-13(14,10-4-8-20-9-5-10)11(17)16-6-2-3-7-16/h10H,2-9,14H2,1H3,(H,15,18)/t13-/m0/s1. The lowest BCUT2D eigenvalue weighted by atomic mass is 9.85. The summed E-state index contributed by atoms with van der Waals surface area (Å²) in [5.74, 6) is -0.351. The molecule has 0 aliphatic carbocycles. The van der Waals surface area contributed by atoms with Crippen LogP contribution in [0.25, 0.3) is 0 Å². The molecule has 0 unspecified atom stereocenters. The van der Waals surface area contributed by atoms with Crippen LogP contribution in [0.15, 0.2) is 0 Å². The van der Waals surface area contributed by atoms with Crippen molar-refractivity contribution in [1.82, 2.24) is 10.2 Å². The summed E-state index contributed by atoms with van der Waals surface area (Å²) < 4.78 is 9.92. The van der Waals surface area contributed by atoms with Crippen LogP contribution in [0.3, 0.4) is 0 Å². The number of hydrogen-bond donors (Lipinski definition) is 2. The van der Waals surface area contributed by atoms with E-state index in [4.69, 9.17) is 10.5 Å². The van der Waals surface area contributed by atoms with Crippen LogP contribution in [0.4, 0.5) is 4.79 Å². The van der Waals surface area contributed by atoms with Gasteiger partial charge in [0.05, 0.1) is 7.11 Å². The van der Waals surface area contributed by atoms with Crippen molar-refractivity contribution < 1.29 is 19.1 Å². The first-order valence-electron chi connectivity index (χ1n) is 7.10. The third kappa shape index (κ3) is 3.04. The molecule has 2 aliphatic rings. The highest BCUT2D eigenvalue weighted by atomic mass is 16.5. The maximum Gasteiger partial charge on any atom is 0.408 e. The molecule has 2 fully saturated rings. The highest BCUT2D eigenvalue weighted by Crippen LogP contribution is 2.27. The van der Waals surface area contributed by atoms with Crippen LogP contribution in [0.5, 0.6) is 0 Å². The Bertz CT molecular complexity index is 365. The molecule has 20 heavy (non-hydrogen) atoms. The van der Waals surface area contributed by atoms with E-state index in [0.29, 0.717) is 39.1 Å². The number of rotatable bonds is 3. The second-order valence-electron chi connectivity index (χ2n) is 5.37. The van der Waals surface area contributed by atoms with Gasteiger partial charge < -0.3 is 20.1 Å². The van der Waals surface area contributed by atoms with Crippen molar-refractivity contribution in [1.29, 1.82) is 0 Å². The first-order chi connectivity index (χ1) is 9.58. The van der Waals surface area contributed by atoms with Crippen molar-refractivity contribution in [3.05, 3.63) is 0 Å². The molecular weight excluding hydrogens is 262 g/mol. The van der Waals surface area contributed by atoms with Gasteiger partial charge in [0.25, 0.3) is 5.91 Å². The maximum absolute atomic E-state index is 12.7. The van der Waals surface area contributed by atoms with Gasteiger partial charge in [0.2, 0.25) is 0 Å². The van der Waals surface area contributed by atoms with Crippen molar-refractivity contribution in [2.45, 2.75) is 31.3 Å². The summed E-state index contributed by atoms with van der Waals surface area (Å²) in [7, 11) is 1.26. The summed E-state index contributed by atoms with van der Waals surface area (Å²) in [6.07, 6.45) is 2.59. The number of nitrogens with zero attached hydrogens (tertiary/aromatic N) is 1. The Balaban J connectivity index is 2.16. The molecule has 0 aromatic rings. The number of amides is 2. The van der Waals surface area contributed by atoms with Gasteiger partial charge in [-0.3, -0.25) is 10.1 Å². The van der Waals surface area contributed by atoms with Crippen LogP contribution < -0.4 is 11.1 Å². The van der Waals surface area contributed by atoms with E-state index in [2.05, 4.69) is 10.1 Å². The third-order valence-electron chi connectivity index (χ3n) is 4.11. The zero-order valence-corrected chi connectivity index (χ0v) is 11.9. The van der Waals surface area contributed by atoms with E-state index in [9.17, 15) is 9.59 Å². The predicted octanol–water partition coefficient (Wildman–Crippen LogP) is 0.0464. The first-order valence-corrected chi connectivity index (χ1v) is 7.10. The highest BCUT2D eigenvalue weighted by molar-refractivity contribution is 5.89. The van der Waals surface area contributed by atoms with Crippen molar-refractivity contribution in [2.24, 2.45) is 11.7 Å². The van der Waals surface area contributed by atoms with Crippen LogP contribution in [-0.4, -0.2) is 56.0 Å². The fourth-order valence-electron chi connectivity index (χ4n) is 2.88. The molecule has 7 nitrogen and oxygen atoms in total. The zero-order valence-electron chi connectivity index (χ0n) is 11.9. The summed E-state index contributed by atoms with van der Waals surface area (Å²) in [5, 5.41) is 2.56. The molecule has 0 aromatic heterocycles. The quantitative estimate of drug-likeness (QED) is 0.714. The third-order valence-corrected chi connectivity index (χ3v) is 4.11. The molecule has 2 aliphatic heterocycles. The lowest BCUT2D eigenvalue weighted by Crippen LogP contribution is -2.69. The Morgan fingerprint density at radius 3 is 2.45 bits per heavy atom. The molecule has 0 saturated carbocycles. The number of nitrogens with one attached hydrogen (secondary N) is 1. The number of ether oxygens (including phenoxy) is 2. The van der Waals surface area contributed by atoms with Gasteiger partial charge in [0.1, 0.15) is 0 Å². The Kier molecular flexibility index (Phi) is 4.82. The molecule has 3 N–H and O–H groups in total. The zero-order chi connectivity index (χ0) is 14.6. The van der Waals surface area contributed by atoms with E-state index in [-0.39, 0.29) is 11.8 Å². The van der Waals surface area contributed by atoms with Crippen LogP contribution in [0.1, 0.15) is 25.7 Å². The normalized spacial score (nSPS) is 23.2. The SMILES string of the molecule is COC(=O)N[C@](N)(C(=O)N1CCCC1)C1CCOCC1. The summed E-state index contributed by atoms with van der Waals surface area (Å²) >= 11 is 0. The second-order valence-corrected chi connectivity index (χ2v) is 5.37. The lowest BCUT2D eigenvalue weighted by Gasteiger charge is -2.40. The molecule has 2 heterocycles. The van der Waals surface area contributed by atoms with Crippen molar-refractivity contribution in [3.63, 3.8) is 0 Å². The second kappa shape index (κ2) is 6.41. The fraction of sp³-hybridized carbons (Fsp3) is 0.846. The molecule has 2 saturated heterocycles. The van der Waals surface area contributed by atoms with Gasteiger partial charge in [0, 0.05) is 32.2 Å². The van der Waals surface area contributed by atoms with Gasteiger partial charge in [0.15, 0.2) is 5.66 Å². The van der Waals surface area contributed by atoms with Gasteiger partial charge in [-0.05, 0) is 25.7 Å².